The van der Waals surface area contributed by atoms with Crippen LogP contribution >= 0.6 is 0 Å². The maximum Gasteiger partial charge on any atom is 0.305 e. The number of nitrogens with zero attached hydrogens (tertiary/aromatic N) is 1. The fourth-order valence-electron chi connectivity index (χ4n) is 5.07. The van der Waals surface area contributed by atoms with Gasteiger partial charge in [0.05, 0.1) is 12.5 Å². The fraction of sp³-hybridized carbons (Fsp3) is 0.600. The molecule has 0 radical (unpaired) electrons. The van der Waals surface area contributed by atoms with Crippen molar-refractivity contribution in [1.82, 2.24) is 4.90 Å². The minimum Gasteiger partial charge on any atom is -0.481 e. The van der Waals surface area contributed by atoms with Gasteiger partial charge in [0.1, 0.15) is 0 Å². The Hall–Kier alpha value is -1.88. The van der Waals surface area contributed by atoms with E-state index in [9.17, 15) is 14.7 Å². The van der Waals surface area contributed by atoms with E-state index in [0.717, 1.165) is 25.7 Å². The molecule has 5 heteroatoms. The highest BCUT2D eigenvalue weighted by molar-refractivity contribution is 5.86. The summed E-state index contributed by atoms with van der Waals surface area (Å²) in [5.74, 6) is -0.726. The summed E-state index contributed by atoms with van der Waals surface area (Å²) in [6, 6.07) is 8.25. The summed E-state index contributed by atoms with van der Waals surface area (Å²) in [7, 11) is 1.63. The smallest absolute Gasteiger partial charge is 0.305 e. The van der Waals surface area contributed by atoms with Crippen molar-refractivity contribution < 1.29 is 19.4 Å². The maximum absolute atomic E-state index is 13.2. The lowest BCUT2D eigenvalue weighted by atomic mass is 9.78. The molecule has 2 fully saturated rings. The van der Waals surface area contributed by atoms with Crippen LogP contribution in [-0.2, 0) is 26.2 Å². The number of aliphatic carboxylic acids is 1. The average Bonchev–Trinajstić information content (AvgIpc) is 3.17. The van der Waals surface area contributed by atoms with Crippen LogP contribution < -0.4 is 0 Å². The first-order chi connectivity index (χ1) is 12.0. The molecule has 1 aromatic carbocycles. The molecule has 2 aliphatic carbocycles. The maximum atomic E-state index is 13.2. The van der Waals surface area contributed by atoms with E-state index in [1.165, 1.54) is 11.1 Å². The molecular weight excluding hydrogens is 318 g/mol. The lowest BCUT2D eigenvalue weighted by molar-refractivity contribution is -0.140. The lowest BCUT2D eigenvalue weighted by Gasteiger charge is -2.29. The second-order valence-electron chi connectivity index (χ2n) is 7.76. The number of rotatable bonds is 4. The van der Waals surface area contributed by atoms with E-state index in [2.05, 4.69) is 24.3 Å². The largest absolute Gasteiger partial charge is 0.481 e. The SMILES string of the molecule is COC1CC(CC(=O)O)N(C(=O)C2CC23CCCc2ccccc23)C1. The molecule has 4 atom stereocenters. The highest BCUT2D eigenvalue weighted by Crippen LogP contribution is 2.61. The van der Waals surface area contributed by atoms with Gasteiger partial charge in [-0.05, 0) is 43.2 Å². The number of benzene rings is 1. The van der Waals surface area contributed by atoms with Crippen LogP contribution in [0.2, 0.25) is 0 Å². The molecule has 1 saturated carbocycles. The average molecular weight is 343 g/mol. The molecule has 1 aromatic rings. The van der Waals surface area contributed by atoms with Gasteiger partial charge >= 0.3 is 5.97 Å². The van der Waals surface area contributed by atoms with Gasteiger partial charge in [0.15, 0.2) is 0 Å². The van der Waals surface area contributed by atoms with E-state index in [-0.39, 0.29) is 35.8 Å². The van der Waals surface area contributed by atoms with Gasteiger partial charge in [0, 0.05) is 31.0 Å². The highest BCUT2D eigenvalue weighted by atomic mass is 16.5. The molecule has 4 unspecified atom stereocenters. The lowest BCUT2D eigenvalue weighted by Crippen LogP contribution is -2.40. The van der Waals surface area contributed by atoms with Crippen LogP contribution in [0.3, 0.4) is 0 Å². The van der Waals surface area contributed by atoms with Crippen LogP contribution in [0.25, 0.3) is 0 Å². The second kappa shape index (κ2) is 6.13. The van der Waals surface area contributed by atoms with Crippen LogP contribution in [0.1, 0.15) is 43.2 Å². The van der Waals surface area contributed by atoms with E-state index >= 15 is 0 Å². The van der Waals surface area contributed by atoms with E-state index in [1.54, 1.807) is 12.0 Å². The zero-order valence-electron chi connectivity index (χ0n) is 14.6. The van der Waals surface area contributed by atoms with Crippen LogP contribution in [0.15, 0.2) is 24.3 Å². The summed E-state index contributed by atoms with van der Waals surface area (Å²) in [6.07, 6.45) is 4.74. The van der Waals surface area contributed by atoms with Crippen molar-refractivity contribution >= 4 is 11.9 Å². The number of carbonyl (C=O) groups is 2. The Morgan fingerprint density at radius 3 is 2.92 bits per heavy atom. The summed E-state index contributed by atoms with van der Waals surface area (Å²) >= 11 is 0. The summed E-state index contributed by atoms with van der Waals surface area (Å²) in [6.45, 7) is 0.515. The van der Waals surface area contributed by atoms with Crippen LogP contribution in [0.5, 0.6) is 0 Å². The number of carboxylic acids is 1. The number of methoxy groups -OCH3 is 1. The van der Waals surface area contributed by atoms with Crippen molar-refractivity contribution in [2.45, 2.75) is 56.1 Å². The summed E-state index contributed by atoms with van der Waals surface area (Å²) in [5, 5.41) is 9.18. The Kier molecular flexibility index (Phi) is 4.07. The monoisotopic (exact) mass is 343 g/mol. The Balaban J connectivity index is 1.55. The zero-order chi connectivity index (χ0) is 17.6. The summed E-state index contributed by atoms with van der Waals surface area (Å²) in [4.78, 5) is 26.2. The molecule has 1 amide bonds. The van der Waals surface area contributed by atoms with Crippen LogP contribution in [-0.4, -0.2) is 47.7 Å². The number of aryl methyl sites for hydroxylation is 1. The third-order valence-corrected chi connectivity index (χ3v) is 6.40. The predicted molar refractivity (Wildman–Crippen MR) is 92.3 cm³/mol. The van der Waals surface area contributed by atoms with E-state index < -0.39 is 5.97 Å². The number of amides is 1. The van der Waals surface area contributed by atoms with Crippen molar-refractivity contribution in [3.8, 4) is 0 Å². The van der Waals surface area contributed by atoms with Crippen molar-refractivity contribution in [3.63, 3.8) is 0 Å². The number of likely N-dealkylation sites (tertiary alicyclic amines) is 1. The summed E-state index contributed by atoms with van der Waals surface area (Å²) in [5.41, 5.74) is 2.71. The molecule has 1 N–H and O–H groups in total. The van der Waals surface area contributed by atoms with Gasteiger partial charge < -0.3 is 14.7 Å². The Morgan fingerprint density at radius 2 is 2.16 bits per heavy atom. The first-order valence-corrected chi connectivity index (χ1v) is 9.18. The molecule has 0 bridgehead atoms. The standard InChI is InChI=1S/C20H25NO4/c1-25-15-9-14(10-18(22)23)21(12-15)19(24)17-11-20(17)8-4-6-13-5-2-3-7-16(13)20/h2-3,5,7,14-15,17H,4,6,8-12H2,1H3,(H,22,23). The van der Waals surface area contributed by atoms with Crippen LogP contribution in [0.4, 0.5) is 0 Å². The van der Waals surface area contributed by atoms with Crippen molar-refractivity contribution in [2.24, 2.45) is 5.92 Å². The molecular formula is C20H25NO4. The number of carbonyl (C=O) groups excluding carboxylic acids is 1. The molecule has 25 heavy (non-hydrogen) atoms. The van der Waals surface area contributed by atoms with Crippen molar-refractivity contribution in [3.05, 3.63) is 35.4 Å². The number of fused-ring (bicyclic) bond motifs is 2. The molecule has 1 saturated heterocycles. The first-order valence-electron chi connectivity index (χ1n) is 9.18. The third-order valence-electron chi connectivity index (χ3n) is 6.40. The summed E-state index contributed by atoms with van der Waals surface area (Å²) < 4.78 is 5.41. The van der Waals surface area contributed by atoms with Gasteiger partial charge in [-0.25, -0.2) is 0 Å². The number of ether oxygens (including phenoxy) is 1. The van der Waals surface area contributed by atoms with Crippen molar-refractivity contribution in [1.29, 1.82) is 0 Å². The van der Waals surface area contributed by atoms with Crippen molar-refractivity contribution in [2.75, 3.05) is 13.7 Å². The van der Waals surface area contributed by atoms with E-state index in [0.29, 0.717) is 13.0 Å². The van der Waals surface area contributed by atoms with Gasteiger partial charge in [0.2, 0.25) is 5.91 Å². The van der Waals surface area contributed by atoms with Crippen LogP contribution in [0, 0.1) is 5.92 Å². The third kappa shape index (κ3) is 2.74. The minimum atomic E-state index is -0.854. The Labute approximate surface area is 148 Å². The molecule has 4 rings (SSSR count). The molecule has 1 spiro atoms. The molecule has 134 valence electrons. The van der Waals surface area contributed by atoms with E-state index in [4.69, 9.17) is 4.74 Å². The van der Waals surface area contributed by atoms with Gasteiger partial charge in [-0.2, -0.15) is 0 Å². The number of carboxylic acid groups (broad SMARTS) is 1. The Morgan fingerprint density at radius 1 is 1.36 bits per heavy atom. The van der Waals surface area contributed by atoms with Gasteiger partial charge in [-0.15, -0.1) is 0 Å². The topological polar surface area (TPSA) is 66.8 Å². The van der Waals surface area contributed by atoms with Gasteiger partial charge in [-0.3, -0.25) is 9.59 Å². The molecule has 1 aliphatic heterocycles. The zero-order valence-corrected chi connectivity index (χ0v) is 14.6. The predicted octanol–water partition coefficient (Wildman–Crippen LogP) is 2.37. The second-order valence-corrected chi connectivity index (χ2v) is 7.76. The number of hydrogen-bond donors (Lipinski definition) is 1. The highest BCUT2D eigenvalue weighted by Gasteiger charge is 2.61. The Bertz CT molecular complexity index is 703. The number of hydrogen-bond acceptors (Lipinski definition) is 3. The fourth-order valence-corrected chi connectivity index (χ4v) is 5.07. The molecule has 1 heterocycles. The van der Waals surface area contributed by atoms with Gasteiger partial charge in [0.25, 0.3) is 0 Å². The first kappa shape index (κ1) is 16.6. The van der Waals surface area contributed by atoms with E-state index in [1.807, 2.05) is 0 Å². The van der Waals surface area contributed by atoms with Gasteiger partial charge in [-0.1, -0.05) is 24.3 Å². The normalized spacial score (nSPS) is 33.3. The molecule has 3 aliphatic rings. The quantitative estimate of drug-likeness (QED) is 0.911. The minimum absolute atomic E-state index is 0.000788. The molecule has 0 aromatic heterocycles. The molecule has 5 nitrogen and oxygen atoms in total.